The van der Waals surface area contributed by atoms with E-state index in [4.69, 9.17) is 11.6 Å². The van der Waals surface area contributed by atoms with Gasteiger partial charge >= 0.3 is 0 Å². The molecular formula is C21H17ClN2O3S2. The van der Waals surface area contributed by atoms with Crippen molar-refractivity contribution in [2.24, 2.45) is 0 Å². The molecule has 0 aliphatic carbocycles. The highest BCUT2D eigenvalue weighted by atomic mass is 35.5. The topological polar surface area (TPSA) is 70.5 Å². The number of nitrogens with zero attached hydrogens (tertiary/aromatic N) is 2. The second-order valence-electron chi connectivity index (χ2n) is 6.76. The molecule has 29 heavy (non-hydrogen) atoms. The van der Waals surface area contributed by atoms with Gasteiger partial charge in [-0.25, -0.2) is 4.98 Å². The fraction of sp³-hybridized carbons (Fsp3) is 0.190. The van der Waals surface area contributed by atoms with E-state index in [0.717, 1.165) is 15.4 Å². The summed E-state index contributed by atoms with van der Waals surface area (Å²) in [6.07, 6.45) is 0. The lowest BCUT2D eigenvalue weighted by Crippen LogP contribution is -2.30. The molecule has 0 saturated heterocycles. The van der Waals surface area contributed by atoms with Gasteiger partial charge in [0.2, 0.25) is 5.78 Å². The third kappa shape index (κ3) is 3.29. The number of Topliss-reactive ketones (excluding diaryl/α,β-unsaturated/α-hetero) is 1. The molecule has 0 spiro atoms. The van der Waals surface area contributed by atoms with Crippen molar-refractivity contribution in [3.8, 4) is 0 Å². The molecule has 4 rings (SSSR count). The molecule has 0 radical (unpaired) electrons. The number of halogens is 1. The number of carbonyl (C=O) groups is 2. The second kappa shape index (κ2) is 7.40. The lowest BCUT2D eigenvalue weighted by atomic mass is 9.98. The highest BCUT2D eigenvalue weighted by Gasteiger charge is 2.46. The van der Waals surface area contributed by atoms with E-state index >= 15 is 0 Å². The third-order valence-corrected chi connectivity index (χ3v) is 7.21. The number of carbonyl (C=O) groups excluding carboxylic acids is 2. The zero-order chi connectivity index (χ0) is 20.9. The SMILES string of the molecule is Cc1nc(C)c(C(=O)C2=C(O)C(=O)N(c3ccc(Cl)cc3)C2c2sccc2C)s1. The highest BCUT2D eigenvalue weighted by Crippen LogP contribution is 2.45. The van der Waals surface area contributed by atoms with Gasteiger partial charge in [0.15, 0.2) is 5.76 Å². The maximum atomic E-state index is 13.4. The number of hydrogen-bond donors (Lipinski definition) is 1. The van der Waals surface area contributed by atoms with Gasteiger partial charge < -0.3 is 5.11 Å². The van der Waals surface area contributed by atoms with E-state index in [0.29, 0.717) is 21.3 Å². The number of benzene rings is 1. The Balaban J connectivity index is 1.89. The molecule has 1 N–H and O–H groups in total. The van der Waals surface area contributed by atoms with Gasteiger partial charge in [0, 0.05) is 15.6 Å². The smallest absolute Gasteiger partial charge is 0.294 e. The number of hydrogen-bond acceptors (Lipinski definition) is 6. The zero-order valence-corrected chi connectivity index (χ0v) is 18.3. The molecule has 5 nitrogen and oxygen atoms in total. The summed E-state index contributed by atoms with van der Waals surface area (Å²) in [4.78, 5) is 33.6. The Morgan fingerprint density at radius 1 is 1.17 bits per heavy atom. The summed E-state index contributed by atoms with van der Waals surface area (Å²) in [5, 5.41) is 14.0. The fourth-order valence-corrected chi connectivity index (χ4v) is 5.51. The number of thiophene rings is 1. The van der Waals surface area contributed by atoms with Gasteiger partial charge in [-0.15, -0.1) is 22.7 Å². The molecular weight excluding hydrogens is 428 g/mol. The van der Waals surface area contributed by atoms with E-state index < -0.39 is 17.7 Å². The number of aryl methyl sites for hydroxylation is 3. The molecule has 1 atom stereocenters. The minimum Gasteiger partial charge on any atom is -0.503 e. The molecule has 3 aromatic rings. The first-order valence-corrected chi connectivity index (χ1v) is 10.9. The Kier molecular flexibility index (Phi) is 5.06. The van der Waals surface area contributed by atoms with E-state index in [1.807, 2.05) is 25.3 Å². The summed E-state index contributed by atoms with van der Waals surface area (Å²) in [5.74, 6) is -1.49. The summed E-state index contributed by atoms with van der Waals surface area (Å²) >= 11 is 8.72. The van der Waals surface area contributed by atoms with Gasteiger partial charge in [-0.3, -0.25) is 14.5 Å². The monoisotopic (exact) mass is 444 g/mol. The van der Waals surface area contributed by atoms with Gasteiger partial charge in [-0.05, 0) is 62.0 Å². The van der Waals surface area contributed by atoms with Crippen LogP contribution in [0.3, 0.4) is 0 Å². The van der Waals surface area contributed by atoms with Crippen LogP contribution in [0, 0.1) is 20.8 Å². The quantitative estimate of drug-likeness (QED) is 0.534. The lowest BCUT2D eigenvalue weighted by molar-refractivity contribution is -0.117. The van der Waals surface area contributed by atoms with Gasteiger partial charge in [-0.1, -0.05) is 11.6 Å². The lowest BCUT2D eigenvalue weighted by Gasteiger charge is -2.26. The molecule has 148 valence electrons. The maximum absolute atomic E-state index is 13.4. The van der Waals surface area contributed by atoms with Crippen molar-refractivity contribution >= 4 is 51.7 Å². The normalized spacial score (nSPS) is 16.8. The molecule has 1 aliphatic heterocycles. The van der Waals surface area contributed by atoms with Crippen molar-refractivity contribution in [1.82, 2.24) is 4.98 Å². The molecule has 1 aromatic carbocycles. The Labute approximate surface area is 180 Å². The van der Waals surface area contributed by atoms with Gasteiger partial charge in [0.1, 0.15) is 6.04 Å². The van der Waals surface area contributed by atoms with Crippen LogP contribution >= 0.6 is 34.3 Å². The molecule has 1 aliphatic rings. The maximum Gasteiger partial charge on any atom is 0.294 e. The van der Waals surface area contributed by atoms with Crippen LogP contribution in [0.15, 0.2) is 47.0 Å². The van der Waals surface area contributed by atoms with Crippen molar-refractivity contribution in [2.75, 3.05) is 4.90 Å². The Bertz CT molecular complexity index is 1160. The molecule has 0 saturated carbocycles. The Morgan fingerprint density at radius 3 is 2.41 bits per heavy atom. The van der Waals surface area contributed by atoms with Crippen molar-refractivity contribution < 1.29 is 14.7 Å². The summed E-state index contributed by atoms with van der Waals surface area (Å²) in [6.45, 7) is 5.51. The largest absolute Gasteiger partial charge is 0.503 e. The third-order valence-electron chi connectivity index (χ3n) is 4.82. The predicted molar refractivity (Wildman–Crippen MR) is 116 cm³/mol. The molecule has 2 aromatic heterocycles. The van der Waals surface area contributed by atoms with Gasteiger partial charge in [-0.2, -0.15) is 0 Å². The van der Waals surface area contributed by atoms with E-state index in [2.05, 4.69) is 4.98 Å². The van der Waals surface area contributed by atoms with E-state index in [1.54, 1.807) is 31.2 Å². The second-order valence-corrected chi connectivity index (χ2v) is 9.35. The van der Waals surface area contributed by atoms with E-state index in [9.17, 15) is 14.7 Å². The molecule has 3 heterocycles. The van der Waals surface area contributed by atoms with Crippen LogP contribution in [-0.2, 0) is 4.79 Å². The summed E-state index contributed by atoms with van der Waals surface area (Å²) in [7, 11) is 0. The fourth-order valence-electron chi connectivity index (χ4n) is 3.48. The first kappa shape index (κ1) is 19.8. The van der Waals surface area contributed by atoms with E-state index in [-0.39, 0.29) is 11.4 Å². The number of rotatable bonds is 4. The molecule has 8 heteroatoms. The van der Waals surface area contributed by atoms with Gasteiger partial charge in [0.25, 0.3) is 5.91 Å². The average Bonchev–Trinajstić information content (AvgIpc) is 3.32. The molecule has 1 unspecified atom stereocenters. The summed E-state index contributed by atoms with van der Waals surface area (Å²) in [5.41, 5.74) is 2.19. The van der Waals surface area contributed by atoms with Crippen LogP contribution in [-0.4, -0.2) is 21.8 Å². The number of amides is 1. The van der Waals surface area contributed by atoms with Crippen molar-refractivity contribution in [1.29, 1.82) is 0 Å². The van der Waals surface area contributed by atoms with Crippen LogP contribution in [0.4, 0.5) is 5.69 Å². The van der Waals surface area contributed by atoms with Crippen molar-refractivity contribution in [2.45, 2.75) is 26.8 Å². The number of aliphatic hydroxyl groups excluding tert-OH is 1. The van der Waals surface area contributed by atoms with Crippen LogP contribution < -0.4 is 4.90 Å². The molecule has 0 bridgehead atoms. The zero-order valence-electron chi connectivity index (χ0n) is 15.9. The molecule has 0 fully saturated rings. The Morgan fingerprint density at radius 2 is 1.86 bits per heavy atom. The van der Waals surface area contributed by atoms with Crippen LogP contribution in [0.1, 0.15) is 36.9 Å². The number of aliphatic hydroxyl groups is 1. The van der Waals surface area contributed by atoms with Crippen molar-refractivity contribution in [3.05, 3.63) is 78.1 Å². The number of ketones is 1. The average molecular weight is 445 g/mol. The predicted octanol–water partition coefficient (Wildman–Crippen LogP) is 5.57. The standard InChI is InChI=1S/C21H17ClN2O3S2/c1-10-8-9-28-19(10)16-15(17(25)20-11(2)23-12(3)29-20)18(26)21(27)24(16)14-6-4-13(22)5-7-14/h4-9,16,26H,1-3H3. The summed E-state index contributed by atoms with van der Waals surface area (Å²) < 4.78 is 0. The number of thiazole rings is 1. The van der Waals surface area contributed by atoms with Crippen LogP contribution in [0.5, 0.6) is 0 Å². The highest BCUT2D eigenvalue weighted by molar-refractivity contribution is 7.14. The minimum atomic E-state index is -0.710. The number of aromatic nitrogens is 1. The minimum absolute atomic E-state index is 0.0854. The number of anilines is 1. The first-order chi connectivity index (χ1) is 13.8. The summed E-state index contributed by atoms with van der Waals surface area (Å²) in [6, 6.07) is 7.99. The van der Waals surface area contributed by atoms with Crippen LogP contribution in [0.2, 0.25) is 5.02 Å². The van der Waals surface area contributed by atoms with Gasteiger partial charge in [0.05, 0.1) is 21.2 Å². The molecule has 1 amide bonds. The first-order valence-electron chi connectivity index (χ1n) is 8.84. The van der Waals surface area contributed by atoms with Crippen LogP contribution in [0.25, 0.3) is 0 Å². The van der Waals surface area contributed by atoms with E-state index in [1.165, 1.54) is 27.6 Å². The Hall–Kier alpha value is -2.48. The van der Waals surface area contributed by atoms with Crippen molar-refractivity contribution in [3.63, 3.8) is 0 Å².